The van der Waals surface area contributed by atoms with E-state index in [0.717, 1.165) is 16.2 Å². The van der Waals surface area contributed by atoms with Crippen molar-refractivity contribution in [2.45, 2.75) is 0 Å². The average molecular weight is 203 g/mol. The highest BCUT2D eigenvalue weighted by Crippen LogP contribution is 2.24. The number of nitrogens with zero attached hydrogens (tertiary/aromatic N) is 4. The van der Waals surface area contributed by atoms with E-state index in [9.17, 15) is 0 Å². The predicted octanol–water partition coefficient (Wildman–Crippen LogP) is 1.48. The monoisotopic (exact) mass is 203 g/mol. The van der Waals surface area contributed by atoms with E-state index in [-0.39, 0.29) is 0 Å². The van der Waals surface area contributed by atoms with Crippen molar-refractivity contribution in [3.8, 4) is 10.7 Å². The highest BCUT2D eigenvalue weighted by molar-refractivity contribution is 7.13. The molecule has 0 aliphatic rings. The van der Waals surface area contributed by atoms with E-state index in [4.69, 9.17) is 0 Å². The average Bonchev–Trinajstić information content (AvgIpc) is 2.88. The fourth-order valence-corrected chi connectivity index (χ4v) is 1.91. The van der Waals surface area contributed by atoms with Crippen molar-refractivity contribution in [1.82, 2.24) is 24.9 Å². The van der Waals surface area contributed by atoms with Gasteiger partial charge < -0.3 is 4.98 Å². The molecule has 1 N–H and O–H groups in total. The van der Waals surface area contributed by atoms with Gasteiger partial charge in [0.25, 0.3) is 0 Å². The van der Waals surface area contributed by atoms with E-state index >= 15 is 0 Å². The molecule has 0 bridgehead atoms. The Labute approximate surface area is 82.9 Å². The van der Waals surface area contributed by atoms with Crippen molar-refractivity contribution in [3.05, 3.63) is 24.2 Å². The molecule has 3 aromatic rings. The van der Waals surface area contributed by atoms with Crippen molar-refractivity contribution < 1.29 is 0 Å². The SMILES string of the molecule is c1csc(-c2ncnc3nc[nH]c23)n1. The van der Waals surface area contributed by atoms with Gasteiger partial charge in [-0.1, -0.05) is 0 Å². The molecule has 3 aromatic heterocycles. The molecule has 0 fully saturated rings. The highest BCUT2D eigenvalue weighted by Gasteiger charge is 2.09. The molecule has 0 aliphatic carbocycles. The summed E-state index contributed by atoms with van der Waals surface area (Å²) >= 11 is 1.55. The lowest BCUT2D eigenvalue weighted by Crippen LogP contribution is -1.86. The zero-order valence-corrected chi connectivity index (χ0v) is 7.82. The molecular weight excluding hydrogens is 198 g/mol. The largest absolute Gasteiger partial charge is 0.341 e. The molecule has 14 heavy (non-hydrogen) atoms. The van der Waals surface area contributed by atoms with Gasteiger partial charge in [0.15, 0.2) is 5.65 Å². The van der Waals surface area contributed by atoms with Crippen molar-refractivity contribution in [2.24, 2.45) is 0 Å². The van der Waals surface area contributed by atoms with Gasteiger partial charge in [-0.3, -0.25) is 0 Å². The van der Waals surface area contributed by atoms with Crippen LogP contribution in [0, 0.1) is 0 Å². The van der Waals surface area contributed by atoms with Crippen LogP contribution in [0.3, 0.4) is 0 Å². The second kappa shape index (κ2) is 2.85. The summed E-state index contributed by atoms with van der Waals surface area (Å²) in [6.45, 7) is 0. The van der Waals surface area contributed by atoms with Gasteiger partial charge >= 0.3 is 0 Å². The maximum absolute atomic E-state index is 4.20. The smallest absolute Gasteiger partial charge is 0.181 e. The van der Waals surface area contributed by atoms with Crippen LogP contribution in [0.2, 0.25) is 0 Å². The molecule has 0 aromatic carbocycles. The summed E-state index contributed by atoms with van der Waals surface area (Å²) in [4.78, 5) is 19.5. The lowest BCUT2D eigenvalue weighted by Gasteiger charge is -1.94. The number of hydrogen-bond acceptors (Lipinski definition) is 5. The second-order valence-electron chi connectivity index (χ2n) is 2.66. The second-order valence-corrected chi connectivity index (χ2v) is 3.56. The predicted molar refractivity (Wildman–Crippen MR) is 52.8 cm³/mol. The topological polar surface area (TPSA) is 67.3 Å². The van der Waals surface area contributed by atoms with Crippen LogP contribution in [0.25, 0.3) is 21.9 Å². The first-order chi connectivity index (χ1) is 6.95. The van der Waals surface area contributed by atoms with E-state index < -0.39 is 0 Å². The van der Waals surface area contributed by atoms with Crippen molar-refractivity contribution >= 4 is 22.5 Å². The molecule has 0 spiro atoms. The van der Waals surface area contributed by atoms with Gasteiger partial charge in [0.1, 0.15) is 22.5 Å². The molecule has 0 amide bonds. The zero-order valence-electron chi connectivity index (χ0n) is 7.01. The van der Waals surface area contributed by atoms with Gasteiger partial charge in [-0.15, -0.1) is 11.3 Å². The van der Waals surface area contributed by atoms with E-state index in [0.29, 0.717) is 5.65 Å². The molecule has 68 valence electrons. The maximum atomic E-state index is 4.20. The molecule has 0 unspecified atom stereocenters. The molecule has 0 saturated heterocycles. The minimum atomic E-state index is 0.671. The molecular formula is C8H5N5S. The molecule has 5 nitrogen and oxygen atoms in total. The Morgan fingerprint density at radius 2 is 2.14 bits per heavy atom. The van der Waals surface area contributed by atoms with Crippen LogP contribution in [0.1, 0.15) is 0 Å². The maximum Gasteiger partial charge on any atom is 0.181 e. The summed E-state index contributed by atoms with van der Waals surface area (Å²) in [5, 5.41) is 2.79. The van der Waals surface area contributed by atoms with Gasteiger partial charge in [0.05, 0.1) is 6.33 Å². The molecule has 3 rings (SSSR count). The van der Waals surface area contributed by atoms with Crippen LogP contribution in [-0.4, -0.2) is 24.9 Å². The summed E-state index contributed by atoms with van der Waals surface area (Å²) in [5.74, 6) is 0. The van der Waals surface area contributed by atoms with Crippen LogP contribution >= 0.6 is 11.3 Å². The number of fused-ring (bicyclic) bond motifs is 1. The molecule has 3 heterocycles. The third kappa shape index (κ3) is 1.01. The van der Waals surface area contributed by atoms with Crippen molar-refractivity contribution in [1.29, 1.82) is 0 Å². The third-order valence-corrected chi connectivity index (χ3v) is 2.64. The Morgan fingerprint density at radius 3 is 3.00 bits per heavy atom. The first-order valence-electron chi connectivity index (χ1n) is 3.99. The number of aromatic nitrogens is 5. The fraction of sp³-hybridized carbons (Fsp3) is 0. The number of hydrogen-bond donors (Lipinski definition) is 1. The number of rotatable bonds is 1. The van der Waals surface area contributed by atoms with Crippen LogP contribution in [0.4, 0.5) is 0 Å². The number of aromatic amines is 1. The lowest BCUT2D eigenvalue weighted by atomic mass is 10.4. The standard InChI is InChI=1S/C8H5N5S/c1-2-14-8(9-1)6-5-7(12-3-10-5)13-4-11-6/h1-4H,(H,10,11,12,13). The third-order valence-electron chi connectivity index (χ3n) is 1.86. The molecule has 6 heteroatoms. The summed E-state index contributed by atoms with van der Waals surface area (Å²) in [6, 6.07) is 0. The van der Waals surface area contributed by atoms with Gasteiger partial charge in [0, 0.05) is 11.6 Å². The molecule has 0 radical (unpaired) electrons. The summed E-state index contributed by atoms with van der Waals surface area (Å²) in [5.41, 5.74) is 2.31. The summed E-state index contributed by atoms with van der Waals surface area (Å²) in [6.07, 6.45) is 4.86. The van der Waals surface area contributed by atoms with Crippen molar-refractivity contribution in [2.75, 3.05) is 0 Å². The highest BCUT2D eigenvalue weighted by atomic mass is 32.1. The Bertz CT molecular complexity index is 556. The first kappa shape index (κ1) is 7.57. The van der Waals surface area contributed by atoms with Gasteiger partial charge in [-0.05, 0) is 0 Å². The number of nitrogens with one attached hydrogen (secondary N) is 1. The quantitative estimate of drug-likeness (QED) is 0.650. The van der Waals surface area contributed by atoms with Crippen LogP contribution in [-0.2, 0) is 0 Å². The number of imidazole rings is 1. The van der Waals surface area contributed by atoms with Gasteiger partial charge in [-0.25, -0.2) is 19.9 Å². The fourth-order valence-electron chi connectivity index (χ4n) is 1.27. The van der Waals surface area contributed by atoms with E-state index in [2.05, 4.69) is 24.9 Å². The number of thiazole rings is 1. The first-order valence-corrected chi connectivity index (χ1v) is 4.87. The summed E-state index contributed by atoms with van der Waals surface area (Å²) in [7, 11) is 0. The minimum Gasteiger partial charge on any atom is -0.341 e. The van der Waals surface area contributed by atoms with Gasteiger partial charge in [-0.2, -0.15) is 0 Å². The molecule has 0 saturated carbocycles. The Balaban J connectivity index is 2.36. The Kier molecular flexibility index (Phi) is 1.54. The Morgan fingerprint density at radius 1 is 1.14 bits per heavy atom. The molecule has 0 atom stereocenters. The number of H-pyrrole nitrogens is 1. The van der Waals surface area contributed by atoms with E-state index in [1.165, 1.54) is 6.33 Å². The molecule has 0 aliphatic heterocycles. The van der Waals surface area contributed by atoms with Crippen molar-refractivity contribution in [3.63, 3.8) is 0 Å². The van der Waals surface area contributed by atoms with Crippen LogP contribution in [0.5, 0.6) is 0 Å². The van der Waals surface area contributed by atoms with E-state index in [1.807, 2.05) is 5.38 Å². The van der Waals surface area contributed by atoms with Gasteiger partial charge in [0.2, 0.25) is 0 Å². The Hall–Kier alpha value is -1.82. The lowest BCUT2D eigenvalue weighted by molar-refractivity contribution is 1.19. The normalized spacial score (nSPS) is 10.9. The summed E-state index contributed by atoms with van der Waals surface area (Å²) < 4.78 is 0. The van der Waals surface area contributed by atoms with E-state index in [1.54, 1.807) is 23.9 Å². The minimum absolute atomic E-state index is 0.671. The zero-order chi connectivity index (χ0) is 9.38. The van der Waals surface area contributed by atoms with Crippen LogP contribution < -0.4 is 0 Å². The van der Waals surface area contributed by atoms with Crippen LogP contribution in [0.15, 0.2) is 24.2 Å².